The van der Waals surface area contributed by atoms with Gasteiger partial charge in [0, 0.05) is 13.3 Å². The van der Waals surface area contributed by atoms with Crippen molar-refractivity contribution in [1.29, 1.82) is 0 Å². The fraction of sp³-hybridized carbons (Fsp3) is 0.833. The summed E-state index contributed by atoms with van der Waals surface area (Å²) in [5, 5.41) is 50.8. The molecule has 10 nitrogen and oxygen atoms in total. The van der Waals surface area contributed by atoms with Crippen LogP contribution in [0.4, 0.5) is 0 Å². The monoisotopic (exact) mass is 323 g/mol. The Morgan fingerprint density at radius 1 is 1.45 bits per heavy atom. The van der Waals surface area contributed by atoms with Crippen molar-refractivity contribution in [2.75, 3.05) is 13.7 Å². The molecular weight excluding hydrogens is 302 g/mol. The molecule has 0 aromatic carbocycles. The van der Waals surface area contributed by atoms with Gasteiger partial charge < -0.3 is 40.3 Å². The van der Waals surface area contributed by atoms with Crippen LogP contribution in [0.1, 0.15) is 13.3 Å². The molecule has 6 atom stereocenters. The molecule has 6 N–H and O–H groups in total. The first kappa shape index (κ1) is 18.7. The number of esters is 1. The third kappa shape index (κ3) is 3.91. The van der Waals surface area contributed by atoms with E-state index in [1.165, 1.54) is 0 Å². The van der Waals surface area contributed by atoms with Crippen molar-refractivity contribution in [2.24, 2.45) is 0 Å². The van der Waals surface area contributed by atoms with Crippen LogP contribution in [0.15, 0.2) is 0 Å². The maximum absolute atomic E-state index is 11.6. The van der Waals surface area contributed by atoms with Crippen molar-refractivity contribution in [1.82, 2.24) is 5.32 Å². The van der Waals surface area contributed by atoms with E-state index in [4.69, 9.17) is 9.84 Å². The minimum Gasteiger partial charge on any atom is -0.465 e. The molecule has 0 aliphatic carbocycles. The first-order valence-electron chi connectivity index (χ1n) is 6.57. The lowest BCUT2D eigenvalue weighted by Crippen LogP contribution is -2.67. The van der Waals surface area contributed by atoms with Crippen molar-refractivity contribution >= 4 is 11.9 Å². The molecule has 0 aromatic rings. The zero-order chi connectivity index (χ0) is 17.1. The molecule has 128 valence electrons. The third-order valence-corrected chi connectivity index (χ3v) is 3.38. The van der Waals surface area contributed by atoms with Crippen molar-refractivity contribution in [2.45, 2.75) is 49.6 Å². The van der Waals surface area contributed by atoms with E-state index in [-0.39, 0.29) is 0 Å². The number of nitrogens with one attached hydrogen (secondary N) is 1. The zero-order valence-corrected chi connectivity index (χ0v) is 12.2. The van der Waals surface area contributed by atoms with Gasteiger partial charge in [-0.2, -0.15) is 0 Å². The lowest BCUT2D eigenvalue weighted by atomic mass is 9.88. The molecule has 10 heteroatoms. The number of aliphatic hydroxyl groups excluding tert-OH is 4. The Balaban J connectivity index is 3.09. The molecule has 1 saturated heterocycles. The Bertz CT molecular complexity index is 417. The van der Waals surface area contributed by atoms with E-state index >= 15 is 0 Å². The van der Waals surface area contributed by atoms with E-state index in [9.17, 15) is 30.0 Å². The highest BCUT2D eigenvalue weighted by Gasteiger charge is 2.54. The maximum atomic E-state index is 11.6. The number of hydrogen-bond donors (Lipinski definition) is 6. The summed E-state index contributed by atoms with van der Waals surface area (Å²) in [4.78, 5) is 22.8. The van der Waals surface area contributed by atoms with Crippen LogP contribution in [-0.4, -0.2) is 87.4 Å². The van der Waals surface area contributed by atoms with Gasteiger partial charge in [-0.05, 0) is 0 Å². The smallest absolute Gasteiger partial charge is 0.366 e. The standard InChI is InChI=1S/C12H21NO9/c1-5(15)13-8-6(16)3-12(20,11(19)21-2)22-10(8)9(18)7(17)4-14/h6-10,14,16-18,20H,3-4H2,1-2H3,(H,13,15)/t6-,7+,8+,9?,10+,12+/m0/s1. The number of aliphatic hydroxyl groups is 5. The van der Waals surface area contributed by atoms with Gasteiger partial charge in [0.1, 0.15) is 18.3 Å². The van der Waals surface area contributed by atoms with Crippen molar-refractivity contribution in [3.63, 3.8) is 0 Å². The summed E-state index contributed by atoms with van der Waals surface area (Å²) in [6.07, 6.45) is -7.09. The Morgan fingerprint density at radius 2 is 2.05 bits per heavy atom. The van der Waals surface area contributed by atoms with Crippen LogP contribution in [0.2, 0.25) is 0 Å². The highest BCUT2D eigenvalue weighted by molar-refractivity contribution is 5.78. The van der Waals surface area contributed by atoms with Gasteiger partial charge in [0.15, 0.2) is 0 Å². The summed E-state index contributed by atoms with van der Waals surface area (Å²) in [7, 11) is 0.990. The summed E-state index contributed by atoms with van der Waals surface area (Å²) >= 11 is 0. The predicted molar refractivity (Wildman–Crippen MR) is 69.2 cm³/mol. The number of hydrogen-bond acceptors (Lipinski definition) is 9. The van der Waals surface area contributed by atoms with Gasteiger partial charge in [0.05, 0.1) is 25.9 Å². The molecule has 1 aliphatic heterocycles. The molecule has 1 fully saturated rings. The molecule has 0 saturated carbocycles. The van der Waals surface area contributed by atoms with E-state index < -0.39 is 61.1 Å². The average molecular weight is 323 g/mol. The number of rotatable bonds is 5. The molecule has 1 unspecified atom stereocenters. The van der Waals surface area contributed by atoms with E-state index in [0.29, 0.717) is 0 Å². The molecule has 22 heavy (non-hydrogen) atoms. The second-order valence-corrected chi connectivity index (χ2v) is 5.10. The van der Waals surface area contributed by atoms with Crippen LogP contribution < -0.4 is 5.32 Å². The van der Waals surface area contributed by atoms with Crippen molar-refractivity contribution in [3.05, 3.63) is 0 Å². The van der Waals surface area contributed by atoms with Gasteiger partial charge in [0.2, 0.25) is 5.91 Å². The fourth-order valence-corrected chi connectivity index (χ4v) is 2.29. The summed E-state index contributed by atoms with van der Waals surface area (Å²) < 4.78 is 9.45. The van der Waals surface area contributed by atoms with Crippen LogP contribution in [0.25, 0.3) is 0 Å². The lowest BCUT2D eigenvalue weighted by molar-refractivity contribution is -0.296. The first-order valence-corrected chi connectivity index (χ1v) is 6.57. The lowest BCUT2D eigenvalue weighted by Gasteiger charge is -2.45. The van der Waals surface area contributed by atoms with Crippen LogP contribution in [0.5, 0.6) is 0 Å². The normalized spacial score (nSPS) is 34.6. The van der Waals surface area contributed by atoms with Crippen LogP contribution in [0, 0.1) is 0 Å². The van der Waals surface area contributed by atoms with Crippen molar-refractivity contribution < 1.29 is 44.6 Å². The molecule has 1 amide bonds. The molecule has 0 aromatic heterocycles. The van der Waals surface area contributed by atoms with Crippen LogP contribution >= 0.6 is 0 Å². The van der Waals surface area contributed by atoms with E-state index in [1.807, 2.05) is 0 Å². The maximum Gasteiger partial charge on any atom is 0.366 e. The van der Waals surface area contributed by atoms with Crippen molar-refractivity contribution in [3.8, 4) is 0 Å². The van der Waals surface area contributed by atoms with Gasteiger partial charge in [-0.25, -0.2) is 4.79 Å². The molecule has 0 bridgehead atoms. The van der Waals surface area contributed by atoms with Gasteiger partial charge in [-0.3, -0.25) is 4.79 Å². The number of methoxy groups -OCH3 is 1. The Hall–Kier alpha value is -1.30. The predicted octanol–water partition coefficient (Wildman–Crippen LogP) is -3.78. The molecule has 0 spiro atoms. The van der Waals surface area contributed by atoms with E-state index in [1.54, 1.807) is 0 Å². The molecule has 1 rings (SSSR count). The van der Waals surface area contributed by atoms with Gasteiger partial charge >= 0.3 is 5.97 Å². The molecule has 1 aliphatic rings. The van der Waals surface area contributed by atoms with Crippen LogP contribution in [0.3, 0.4) is 0 Å². The SMILES string of the molecule is COC(=O)[C@@]1(O)C[C@H](O)[C@@H](NC(C)=O)[C@H](C(O)[C@H](O)CO)O1. The van der Waals surface area contributed by atoms with Gasteiger partial charge in [0.25, 0.3) is 5.79 Å². The minimum absolute atomic E-state index is 0.563. The number of carbonyl (C=O) groups excluding carboxylic acids is 2. The number of carbonyl (C=O) groups is 2. The minimum atomic E-state index is -2.55. The Kier molecular flexibility index (Phi) is 6.23. The van der Waals surface area contributed by atoms with E-state index in [0.717, 1.165) is 14.0 Å². The largest absolute Gasteiger partial charge is 0.465 e. The number of amides is 1. The Labute approximate surface area is 126 Å². The third-order valence-electron chi connectivity index (χ3n) is 3.38. The topological polar surface area (TPSA) is 166 Å². The Morgan fingerprint density at radius 3 is 2.50 bits per heavy atom. The molecular formula is C12H21NO9. The first-order chi connectivity index (χ1) is 10.2. The summed E-state index contributed by atoms with van der Waals surface area (Å²) in [6, 6.07) is -1.21. The second-order valence-electron chi connectivity index (χ2n) is 5.10. The van der Waals surface area contributed by atoms with Crippen LogP contribution in [-0.2, 0) is 19.1 Å². The highest BCUT2D eigenvalue weighted by Crippen LogP contribution is 2.31. The van der Waals surface area contributed by atoms with Gasteiger partial charge in [-0.1, -0.05) is 0 Å². The van der Waals surface area contributed by atoms with E-state index in [2.05, 4.69) is 10.1 Å². The average Bonchev–Trinajstić information content (AvgIpc) is 2.46. The highest BCUT2D eigenvalue weighted by atomic mass is 16.7. The summed E-state index contributed by atoms with van der Waals surface area (Å²) in [5.41, 5.74) is 0. The molecule has 0 radical (unpaired) electrons. The van der Waals surface area contributed by atoms with Gasteiger partial charge in [-0.15, -0.1) is 0 Å². The fourth-order valence-electron chi connectivity index (χ4n) is 2.29. The molecule has 1 heterocycles. The number of ether oxygens (including phenoxy) is 2. The quantitative estimate of drug-likeness (QED) is 0.278. The zero-order valence-electron chi connectivity index (χ0n) is 12.2. The second kappa shape index (κ2) is 7.31. The summed E-state index contributed by atoms with van der Waals surface area (Å²) in [6.45, 7) is 0.320. The summed E-state index contributed by atoms with van der Waals surface area (Å²) in [5.74, 6) is -4.32.